The highest BCUT2D eigenvalue weighted by Crippen LogP contribution is 2.38. The maximum Gasteiger partial charge on any atom is 0.410 e. The number of ketones is 1. The summed E-state index contributed by atoms with van der Waals surface area (Å²) >= 11 is 0. The highest BCUT2D eigenvalue weighted by molar-refractivity contribution is 6.04. The first-order valence-corrected chi connectivity index (χ1v) is 18.3. The molecule has 1 amide bonds. The molecule has 0 spiro atoms. The van der Waals surface area contributed by atoms with Gasteiger partial charge >= 0.3 is 12.1 Å². The van der Waals surface area contributed by atoms with Crippen molar-refractivity contribution < 1.29 is 48.3 Å². The number of aliphatic hydroxyl groups is 2. The van der Waals surface area contributed by atoms with Gasteiger partial charge in [0.15, 0.2) is 12.1 Å². The van der Waals surface area contributed by atoms with Crippen LogP contribution in [0.25, 0.3) is 0 Å². The number of ether oxygens (including phenoxy) is 5. The molecule has 13 heteroatoms. The number of Topliss-reactive ketones (excluding diaryl/α,β-unsaturated/α-hetero) is 1. The van der Waals surface area contributed by atoms with Crippen LogP contribution in [0.3, 0.4) is 0 Å². The number of likely N-dealkylation sites (N-methyl/N-ethyl adjacent to an activating group) is 2. The molecule has 0 aliphatic carbocycles. The normalized spacial score (nSPS) is 36.6. The van der Waals surface area contributed by atoms with Crippen LogP contribution >= 0.6 is 0 Å². The van der Waals surface area contributed by atoms with Crippen molar-refractivity contribution in [3.8, 4) is 0 Å². The molecule has 50 heavy (non-hydrogen) atoms. The van der Waals surface area contributed by atoms with Crippen LogP contribution in [0.4, 0.5) is 4.79 Å². The van der Waals surface area contributed by atoms with Gasteiger partial charge in [-0.2, -0.15) is 0 Å². The Hall–Kier alpha value is -1.87. The molecule has 0 saturated carbocycles. The second kappa shape index (κ2) is 16.9. The van der Waals surface area contributed by atoms with E-state index >= 15 is 0 Å². The number of amides is 1. The average Bonchev–Trinajstić information content (AvgIpc) is 3.02. The van der Waals surface area contributed by atoms with Gasteiger partial charge in [-0.15, -0.1) is 0 Å². The first-order chi connectivity index (χ1) is 23.0. The highest BCUT2D eigenvalue weighted by atomic mass is 16.7. The second-order valence-corrected chi connectivity index (χ2v) is 17.1. The van der Waals surface area contributed by atoms with E-state index in [-0.39, 0.29) is 42.5 Å². The number of aliphatic hydroxyl groups excluding tert-OH is 2. The van der Waals surface area contributed by atoms with E-state index in [1.807, 2.05) is 65.6 Å². The molecule has 3 rings (SSSR count). The summed E-state index contributed by atoms with van der Waals surface area (Å²) in [4.78, 5) is 46.3. The van der Waals surface area contributed by atoms with E-state index in [4.69, 9.17) is 23.7 Å². The molecule has 0 aromatic rings. The topological polar surface area (TPSA) is 148 Å². The van der Waals surface area contributed by atoms with Gasteiger partial charge in [0.1, 0.15) is 23.7 Å². The lowest BCUT2D eigenvalue weighted by Crippen LogP contribution is -2.59. The molecule has 10 atom stereocenters. The Labute approximate surface area is 300 Å². The number of methoxy groups -OCH3 is 1. The minimum absolute atomic E-state index is 0.0165. The minimum Gasteiger partial charge on any atom is -0.463 e. The van der Waals surface area contributed by atoms with E-state index in [1.54, 1.807) is 32.8 Å². The lowest BCUT2D eigenvalue weighted by Gasteiger charge is -2.47. The van der Waals surface area contributed by atoms with Crippen LogP contribution in [0.2, 0.25) is 0 Å². The first-order valence-electron chi connectivity index (χ1n) is 18.3. The van der Waals surface area contributed by atoms with Crippen LogP contribution in [-0.4, -0.2) is 151 Å². The Kier molecular flexibility index (Phi) is 14.3. The lowest BCUT2D eigenvalue weighted by atomic mass is 9.74. The molecule has 3 aliphatic rings. The summed E-state index contributed by atoms with van der Waals surface area (Å²) in [6.07, 6.45) is -2.08. The number of hydrogen-bond donors (Lipinski definition) is 2. The minimum atomic E-state index is -1.55. The van der Waals surface area contributed by atoms with E-state index in [1.165, 1.54) is 0 Å². The van der Waals surface area contributed by atoms with Crippen molar-refractivity contribution in [2.75, 3.05) is 54.5 Å². The zero-order valence-corrected chi connectivity index (χ0v) is 32.9. The Morgan fingerprint density at radius 1 is 1.08 bits per heavy atom. The van der Waals surface area contributed by atoms with Gasteiger partial charge in [-0.05, 0) is 107 Å². The van der Waals surface area contributed by atoms with E-state index < -0.39 is 59.1 Å². The molecule has 3 fully saturated rings. The predicted octanol–water partition coefficient (Wildman–Crippen LogP) is 3.33. The molecule has 13 nitrogen and oxygen atoms in total. The molecular formula is C37H67N3O10. The summed E-state index contributed by atoms with van der Waals surface area (Å²) in [6.45, 7) is 17.6. The zero-order chi connectivity index (χ0) is 37.9. The van der Waals surface area contributed by atoms with Crippen LogP contribution < -0.4 is 0 Å². The second-order valence-electron chi connectivity index (χ2n) is 17.1. The van der Waals surface area contributed by atoms with Gasteiger partial charge in [0, 0.05) is 38.7 Å². The van der Waals surface area contributed by atoms with Gasteiger partial charge in [-0.25, -0.2) is 4.79 Å². The number of esters is 1. The number of rotatable bonds is 6. The van der Waals surface area contributed by atoms with Crippen molar-refractivity contribution in [2.45, 2.75) is 142 Å². The van der Waals surface area contributed by atoms with Crippen molar-refractivity contribution >= 4 is 17.8 Å². The van der Waals surface area contributed by atoms with Crippen molar-refractivity contribution in [1.82, 2.24) is 14.7 Å². The number of likely N-dealkylation sites (tertiary alicyclic amines) is 1. The molecule has 0 radical (unpaired) electrons. The fourth-order valence-corrected chi connectivity index (χ4v) is 7.99. The third-order valence-electron chi connectivity index (χ3n) is 11.0. The van der Waals surface area contributed by atoms with E-state index in [2.05, 4.69) is 6.92 Å². The van der Waals surface area contributed by atoms with Gasteiger partial charge < -0.3 is 43.7 Å². The number of hydrogen-bond acceptors (Lipinski definition) is 12. The molecular weight excluding hydrogens is 646 g/mol. The predicted molar refractivity (Wildman–Crippen MR) is 188 cm³/mol. The molecule has 0 aromatic heterocycles. The molecule has 0 aromatic carbocycles. The van der Waals surface area contributed by atoms with Crippen LogP contribution in [0.1, 0.15) is 88.0 Å². The van der Waals surface area contributed by atoms with Crippen molar-refractivity contribution in [2.24, 2.45) is 23.2 Å². The number of nitrogens with zero attached hydrogens (tertiary/aromatic N) is 3. The van der Waals surface area contributed by atoms with Gasteiger partial charge in [0.05, 0.1) is 30.0 Å². The van der Waals surface area contributed by atoms with E-state index in [0.29, 0.717) is 45.3 Å². The summed E-state index contributed by atoms with van der Waals surface area (Å²) in [5.41, 5.74) is -3.17. The summed E-state index contributed by atoms with van der Waals surface area (Å²) in [6, 6.07) is -0.773. The highest BCUT2D eigenvalue weighted by Gasteiger charge is 2.52. The number of carbonyl (C=O) groups excluding carboxylic acids is 3. The van der Waals surface area contributed by atoms with Crippen molar-refractivity contribution in [3.63, 3.8) is 0 Å². The monoisotopic (exact) mass is 713 g/mol. The molecule has 3 saturated heterocycles. The zero-order valence-electron chi connectivity index (χ0n) is 32.9. The third kappa shape index (κ3) is 10.2. The standard InChI is InChI=1S/C37H67N3O10/c1-22-19-37(9,46-13)31(49-32-29(42)26(38(10)11)18-23(2)48-32)24(3)30(43)36(7,8)33(44)47-21-27(39(12)20-22)28(41)25-14-16-40(17-15-25)34(45)50-35(4,5)6/h22-29,31-32,41-42H,14-21H2,1-13H3/t22-,23-,24+,26+,27-,28-,29-,31-,32+,37-/m1/s1. The summed E-state index contributed by atoms with van der Waals surface area (Å²) in [5, 5.41) is 23.1. The number of cyclic esters (lactones) is 1. The van der Waals surface area contributed by atoms with Crippen molar-refractivity contribution in [3.05, 3.63) is 0 Å². The van der Waals surface area contributed by atoms with Crippen LogP contribution in [-0.2, 0) is 33.3 Å². The van der Waals surface area contributed by atoms with E-state index in [0.717, 1.165) is 0 Å². The largest absolute Gasteiger partial charge is 0.463 e. The maximum absolute atomic E-state index is 14.3. The van der Waals surface area contributed by atoms with Gasteiger partial charge in [0.2, 0.25) is 0 Å². The Bertz CT molecular complexity index is 1150. The SMILES string of the molecule is CO[C@]1(C)C[C@@H](C)CN(C)[C@@H]([C@H](O)C2CCN(C(=O)OC(C)(C)C)CC2)COC(=O)C(C)(C)C(=O)[C@H](C)[C@H]1O[C@@H]1O[C@H](C)C[C@H](N(C)C)[C@H]1O. The van der Waals surface area contributed by atoms with Gasteiger partial charge in [-0.3, -0.25) is 14.5 Å². The van der Waals surface area contributed by atoms with Crippen molar-refractivity contribution in [1.29, 1.82) is 0 Å². The smallest absolute Gasteiger partial charge is 0.410 e. The fourth-order valence-electron chi connectivity index (χ4n) is 7.99. The fraction of sp³-hybridized carbons (Fsp3) is 0.919. The third-order valence-corrected chi connectivity index (χ3v) is 11.0. The quantitative estimate of drug-likeness (QED) is 0.308. The lowest BCUT2D eigenvalue weighted by molar-refractivity contribution is -0.295. The number of piperidine rings is 1. The summed E-state index contributed by atoms with van der Waals surface area (Å²) < 4.78 is 30.4. The molecule has 2 N–H and O–H groups in total. The Morgan fingerprint density at radius 3 is 2.22 bits per heavy atom. The van der Waals surface area contributed by atoms with Gasteiger partial charge in [-0.1, -0.05) is 13.8 Å². The molecule has 290 valence electrons. The maximum atomic E-state index is 14.3. The van der Waals surface area contributed by atoms with Crippen LogP contribution in [0.15, 0.2) is 0 Å². The summed E-state index contributed by atoms with van der Waals surface area (Å²) in [7, 11) is 7.29. The molecule has 3 aliphatic heterocycles. The van der Waals surface area contributed by atoms with Crippen LogP contribution in [0.5, 0.6) is 0 Å². The van der Waals surface area contributed by atoms with E-state index in [9.17, 15) is 24.6 Å². The molecule has 0 bridgehead atoms. The van der Waals surface area contributed by atoms with Gasteiger partial charge in [0.25, 0.3) is 0 Å². The number of carbonyl (C=O) groups is 3. The average molecular weight is 714 g/mol. The molecule has 3 heterocycles. The Morgan fingerprint density at radius 2 is 1.68 bits per heavy atom. The Balaban J connectivity index is 1.90. The van der Waals surface area contributed by atoms with Crippen LogP contribution in [0, 0.1) is 23.2 Å². The summed E-state index contributed by atoms with van der Waals surface area (Å²) in [5.74, 6) is -2.07. The molecule has 0 unspecified atom stereocenters. The first kappa shape index (κ1) is 42.5.